The predicted octanol–water partition coefficient (Wildman–Crippen LogP) is 1.53. The maximum atomic E-state index is 12.5. The van der Waals surface area contributed by atoms with Gasteiger partial charge in [-0.2, -0.15) is 5.10 Å². The first-order chi connectivity index (χ1) is 10.1. The van der Waals surface area contributed by atoms with Crippen LogP contribution in [-0.4, -0.2) is 48.4 Å². The van der Waals surface area contributed by atoms with Gasteiger partial charge < -0.3 is 9.47 Å². The highest BCUT2D eigenvalue weighted by Crippen LogP contribution is 2.23. The van der Waals surface area contributed by atoms with Gasteiger partial charge in [-0.1, -0.05) is 0 Å². The highest BCUT2D eigenvalue weighted by Gasteiger charge is 2.25. The fourth-order valence-electron chi connectivity index (χ4n) is 2.68. The predicted molar refractivity (Wildman–Crippen MR) is 76.8 cm³/mol. The molecule has 7 heteroatoms. The van der Waals surface area contributed by atoms with Crippen LogP contribution in [0.25, 0.3) is 0 Å². The van der Waals surface area contributed by atoms with Gasteiger partial charge in [-0.15, -0.1) is 10.2 Å². The zero-order valence-corrected chi connectivity index (χ0v) is 12.4. The monoisotopic (exact) mass is 288 g/mol. The van der Waals surface area contributed by atoms with Crippen LogP contribution < -0.4 is 0 Å². The lowest BCUT2D eigenvalue weighted by molar-refractivity contribution is 0.0694. The molecule has 21 heavy (non-hydrogen) atoms. The van der Waals surface area contributed by atoms with E-state index in [9.17, 15) is 4.79 Å². The van der Waals surface area contributed by atoms with Crippen LogP contribution in [0.3, 0.4) is 0 Å². The van der Waals surface area contributed by atoms with E-state index >= 15 is 0 Å². The van der Waals surface area contributed by atoms with E-state index in [1.54, 1.807) is 18.9 Å². The Morgan fingerprint density at radius 2 is 1.90 bits per heavy atom. The summed E-state index contributed by atoms with van der Waals surface area (Å²) in [4.78, 5) is 14.4. The van der Waals surface area contributed by atoms with E-state index in [4.69, 9.17) is 0 Å². The maximum absolute atomic E-state index is 12.5. The van der Waals surface area contributed by atoms with E-state index in [2.05, 4.69) is 15.3 Å². The number of likely N-dealkylation sites (tertiary alicyclic amines) is 1. The minimum atomic E-state index is 0.0732. The lowest BCUT2D eigenvalue weighted by Crippen LogP contribution is -2.38. The van der Waals surface area contributed by atoms with Crippen molar-refractivity contribution in [3.05, 3.63) is 30.6 Å². The molecule has 0 spiro atoms. The van der Waals surface area contributed by atoms with Gasteiger partial charge in [-0.3, -0.25) is 9.48 Å². The molecule has 2 aromatic heterocycles. The number of piperidine rings is 1. The molecular weight excluding hydrogens is 268 g/mol. The third kappa shape index (κ3) is 2.81. The van der Waals surface area contributed by atoms with Crippen LogP contribution in [0.5, 0.6) is 0 Å². The van der Waals surface area contributed by atoms with E-state index in [0.717, 1.165) is 25.9 Å². The summed E-state index contributed by atoms with van der Waals surface area (Å²) in [6, 6.07) is 0.661. The zero-order chi connectivity index (χ0) is 14.8. The molecule has 1 aliphatic rings. The Labute approximate surface area is 123 Å². The number of hydrogen-bond acceptors (Lipinski definition) is 4. The van der Waals surface area contributed by atoms with E-state index in [0.29, 0.717) is 11.6 Å². The van der Waals surface area contributed by atoms with Crippen LogP contribution in [-0.2, 0) is 0 Å². The molecular formula is C14H20N6O. The van der Waals surface area contributed by atoms with E-state index < -0.39 is 0 Å². The largest absolute Gasteiger partial charge is 0.338 e. The second-order valence-corrected chi connectivity index (χ2v) is 5.74. The van der Waals surface area contributed by atoms with Crippen molar-refractivity contribution in [3.63, 3.8) is 0 Å². The molecule has 7 nitrogen and oxygen atoms in total. The molecule has 0 unspecified atom stereocenters. The van der Waals surface area contributed by atoms with Gasteiger partial charge in [0.25, 0.3) is 5.91 Å². The molecule has 0 N–H and O–H groups in total. The summed E-state index contributed by atoms with van der Waals surface area (Å²) in [5.74, 6) is 0.0732. The van der Waals surface area contributed by atoms with Gasteiger partial charge >= 0.3 is 0 Å². The number of aromatic nitrogens is 5. The number of carbonyl (C=O) groups excluding carboxylic acids is 1. The standard InChI is InChI=1S/C14H20N6O/c1-11(2)20-8-12(7-17-20)14(21)18-5-3-13(4-6-18)19-9-15-16-10-19/h7-11,13H,3-6H2,1-2H3. The number of amides is 1. The average Bonchev–Trinajstić information content (AvgIpc) is 3.18. The van der Waals surface area contributed by atoms with Crippen molar-refractivity contribution >= 4 is 5.91 Å². The highest BCUT2D eigenvalue weighted by molar-refractivity contribution is 5.93. The minimum absolute atomic E-state index is 0.0732. The molecule has 1 aliphatic heterocycles. The molecule has 0 radical (unpaired) electrons. The summed E-state index contributed by atoms with van der Waals surface area (Å²) in [6.45, 7) is 5.61. The SMILES string of the molecule is CC(C)n1cc(C(=O)N2CCC(n3cnnc3)CC2)cn1. The molecule has 0 bridgehead atoms. The quantitative estimate of drug-likeness (QED) is 0.859. The Morgan fingerprint density at radius 3 is 2.48 bits per heavy atom. The van der Waals surface area contributed by atoms with Gasteiger partial charge in [0.1, 0.15) is 12.7 Å². The molecule has 112 valence electrons. The Hall–Kier alpha value is -2.18. The van der Waals surface area contributed by atoms with Crippen molar-refractivity contribution in [1.82, 2.24) is 29.4 Å². The fraction of sp³-hybridized carbons (Fsp3) is 0.571. The molecule has 2 aromatic rings. The van der Waals surface area contributed by atoms with E-state index in [-0.39, 0.29) is 11.9 Å². The van der Waals surface area contributed by atoms with E-state index in [1.165, 1.54) is 0 Å². The molecule has 0 aliphatic carbocycles. The van der Waals surface area contributed by atoms with Gasteiger partial charge in [-0.25, -0.2) is 0 Å². The van der Waals surface area contributed by atoms with Crippen LogP contribution in [0, 0.1) is 0 Å². The summed E-state index contributed by atoms with van der Waals surface area (Å²) in [5, 5.41) is 11.9. The Balaban J connectivity index is 1.62. The molecule has 0 atom stereocenters. The highest BCUT2D eigenvalue weighted by atomic mass is 16.2. The summed E-state index contributed by atoms with van der Waals surface area (Å²) < 4.78 is 3.84. The Morgan fingerprint density at radius 1 is 1.24 bits per heavy atom. The van der Waals surface area contributed by atoms with Crippen LogP contribution in [0.1, 0.15) is 49.1 Å². The lowest BCUT2D eigenvalue weighted by Gasteiger charge is -2.32. The topological polar surface area (TPSA) is 68.8 Å². The van der Waals surface area contributed by atoms with Crippen molar-refractivity contribution < 1.29 is 4.79 Å². The second-order valence-electron chi connectivity index (χ2n) is 5.74. The summed E-state index contributed by atoms with van der Waals surface area (Å²) in [5.41, 5.74) is 0.673. The van der Waals surface area contributed by atoms with Crippen LogP contribution >= 0.6 is 0 Å². The number of rotatable bonds is 3. The van der Waals surface area contributed by atoms with Crippen LogP contribution in [0.2, 0.25) is 0 Å². The Bertz CT molecular complexity index is 595. The Kier molecular flexibility index (Phi) is 3.72. The molecule has 3 rings (SSSR count). The smallest absolute Gasteiger partial charge is 0.257 e. The van der Waals surface area contributed by atoms with Crippen LogP contribution in [0.4, 0.5) is 0 Å². The van der Waals surface area contributed by atoms with Crippen molar-refractivity contribution in [2.75, 3.05) is 13.1 Å². The first-order valence-electron chi connectivity index (χ1n) is 7.32. The number of hydrogen-bond donors (Lipinski definition) is 0. The van der Waals surface area contributed by atoms with E-state index in [1.807, 2.05) is 34.2 Å². The number of nitrogens with zero attached hydrogens (tertiary/aromatic N) is 6. The van der Waals surface area contributed by atoms with Gasteiger partial charge in [0.05, 0.1) is 11.8 Å². The number of carbonyl (C=O) groups is 1. The summed E-state index contributed by atoms with van der Waals surface area (Å²) in [6.07, 6.45) is 8.85. The molecule has 0 saturated carbocycles. The zero-order valence-electron chi connectivity index (χ0n) is 12.4. The molecule has 1 amide bonds. The first-order valence-corrected chi connectivity index (χ1v) is 7.32. The maximum Gasteiger partial charge on any atom is 0.257 e. The molecule has 0 aromatic carbocycles. The molecule has 1 fully saturated rings. The normalized spacial score (nSPS) is 16.6. The first kappa shape index (κ1) is 13.8. The minimum Gasteiger partial charge on any atom is -0.338 e. The third-order valence-electron chi connectivity index (χ3n) is 3.99. The van der Waals surface area contributed by atoms with Crippen LogP contribution in [0.15, 0.2) is 25.0 Å². The van der Waals surface area contributed by atoms with Crippen molar-refractivity contribution in [2.24, 2.45) is 0 Å². The average molecular weight is 288 g/mol. The molecule has 3 heterocycles. The van der Waals surface area contributed by atoms with Crippen molar-refractivity contribution in [1.29, 1.82) is 0 Å². The molecule has 1 saturated heterocycles. The lowest BCUT2D eigenvalue weighted by atomic mass is 10.0. The third-order valence-corrected chi connectivity index (χ3v) is 3.99. The summed E-state index contributed by atoms with van der Waals surface area (Å²) in [7, 11) is 0. The second kappa shape index (κ2) is 5.67. The van der Waals surface area contributed by atoms with Gasteiger partial charge in [0.15, 0.2) is 0 Å². The summed E-state index contributed by atoms with van der Waals surface area (Å²) >= 11 is 0. The van der Waals surface area contributed by atoms with Gasteiger partial charge in [0, 0.05) is 31.4 Å². The van der Waals surface area contributed by atoms with Gasteiger partial charge in [-0.05, 0) is 26.7 Å². The van der Waals surface area contributed by atoms with Gasteiger partial charge in [0.2, 0.25) is 0 Å². The van der Waals surface area contributed by atoms with Crippen molar-refractivity contribution in [2.45, 2.75) is 38.8 Å². The fourth-order valence-corrected chi connectivity index (χ4v) is 2.68. The van der Waals surface area contributed by atoms with Crippen molar-refractivity contribution in [3.8, 4) is 0 Å².